The van der Waals surface area contributed by atoms with Gasteiger partial charge in [0.1, 0.15) is 0 Å². The predicted molar refractivity (Wildman–Crippen MR) is 202 cm³/mol. The molecule has 0 radical (unpaired) electrons. The Hall–Kier alpha value is -2.31. The van der Waals surface area contributed by atoms with Crippen LogP contribution in [-0.2, 0) is 22.3 Å². The molecule has 2 aliphatic carbocycles. The normalized spacial score (nSPS) is 26.9. The Bertz CT molecular complexity index is 1210. The highest BCUT2D eigenvalue weighted by Crippen LogP contribution is 2.32. The molecule has 2 N–H and O–H groups in total. The van der Waals surface area contributed by atoms with E-state index in [2.05, 4.69) is 21.9 Å². The average molecular weight is 735 g/mol. The Labute approximate surface area is 312 Å². The number of benzene rings is 2. The summed E-state index contributed by atoms with van der Waals surface area (Å²) in [6, 6.07) is 13.0. The van der Waals surface area contributed by atoms with Gasteiger partial charge < -0.3 is 38.6 Å². The molecule has 11 heteroatoms. The summed E-state index contributed by atoms with van der Waals surface area (Å²) in [5.74, 6) is 3.04. The molecule has 0 unspecified atom stereocenters. The molecule has 0 spiro atoms. The molecule has 4 fully saturated rings. The van der Waals surface area contributed by atoms with Gasteiger partial charge in [-0.1, -0.05) is 37.8 Å². The highest BCUT2D eigenvalue weighted by Gasteiger charge is 2.35. The van der Waals surface area contributed by atoms with E-state index in [-0.39, 0.29) is 24.6 Å². The fourth-order valence-corrected chi connectivity index (χ4v) is 8.25. The van der Waals surface area contributed by atoms with Crippen molar-refractivity contribution in [2.24, 2.45) is 0 Å². The molecular weight excluding hydrogens is 672 g/mol. The minimum atomic E-state index is -0.158. The zero-order valence-corrected chi connectivity index (χ0v) is 32.1. The monoisotopic (exact) mass is 734 g/mol. The van der Waals surface area contributed by atoms with Crippen LogP contribution in [0.2, 0.25) is 0 Å². The van der Waals surface area contributed by atoms with Crippen molar-refractivity contribution in [3.63, 3.8) is 0 Å². The molecule has 10 nitrogen and oxygen atoms in total. The third-order valence-corrected chi connectivity index (χ3v) is 11.0. The van der Waals surface area contributed by atoms with Crippen molar-refractivity contribution in [3.8, 4) is 23.0 Å². The lowest BCUT2D eigenvalue weighted by atomic mass is 9.91. The van der Waals surface area contributed by atoms with Gasteiger partial charge in [-0.2, -0.15) is 0 Å². The van der Waals surface area contributed by atoms with Crippen LogP contribution >= 0.6 is 12.4 Å². The first kappa shape index (κ1) is 41.4. The number of hydrogen-bond acceptors (Lipinski definition) is 10. The van der Waals surface area contributed by atoms with Crippen molar-refractivity contribution < 1.29 is 38.6 Å². The molecule has 51 heavy (non-hydrogen) atoms. The first-order chi connectivity index (χ1) is 24.4. The Morgan fingerprint density at radius 1 is 0.549 bits per heavy atom. The number of nitrogens with zero attached hydrogens (tertiary/aromatic N) is 2. The molecule has 6 rings (SSSR count). The minimum Gasteiger partial charge on any atom is -0.493 e. The van der Waals surface area contributed by atoms with Crippen LogP contribution in [0.1, 0.15) is 75.3 Å². The zero-order valence-electron chi connectivity index (χ0n) is 31.3. The molecule has 0 aromatic heterocycles. The predicted octanol–water partition coefficient (Wildman–Crippen LogP) is 5.70. The number of hydrogen-bond donors (Lipinski definition) is 2. The molecule has 2 aromatic rings. The quantitative estimate of drug-likeness (QED) is 0.251. The second kappa shape index (κ2) is 21.4. The number of likely N-dealkylation sites (tertiary alicyclic amines) is 2. The Morgan fingerprint density at radius 2 is 0.941 bits per heavy atom. The summed E-state index contributed by atoms with van der Waals surface area (Å²) < 4.78 is 33.9. The number of aliphatic hydroxyl groups is 2. The lowest BCUT2D eigenvalue weighted by Crippen LogP contribution is -2.46. The molecule has 0 amide bonds. The van der Waals surface area contributed by atoms with E-state index >= 15 is 0 Å². The smallest absolute Gasteiger partial charge is 0.160 e. The maximum atomic E-state index is 9.83. The summed E-state index contributed by atoms with van der Waals surface area (Å²) in [5, 5.41) is 19.7. The van der Waals surface area contributed by atoms with Crippen LogP contribution in [0.4, 0.5) is 0 Å². The van der Waals surface area contributed by atoms with Crippen molar-refractivity contribution in [3.05, 3.63) is 47.5 Å². The fraction of sp³-hybridized carbons (Fsp3) is 0.700. The van der Waals surface area contributed by atoms with Crippen molar-refractivity contribution in [1.82, 2.24) is 9.80 Å². The first-order valence-electron chi connectivity index (χ1n) is 18.9. The maximum Gasteiger partial charge on any atom is 0.160 e. The summed E-state index contributed by atoms with van der Waals surface area (Å²) in [7, 11) is 6.63. The Morgan fingerprint density at radius 3 is 1.29 bits per heavy atom. The van der Waals surface area contributed by atoms with Crippen LogP contribution in [0, 0.1) is 0 Å². The van der Waals surface area contributed by atoms with Gasteiger partial charge in [-0.25, -0.2) is 0 Å². The van der Waals surface area contributed by atoms with E-state index in [1.807, 2.05) is 24.3 Å². The summed E-state index contributed by atoms with van der Waals surface area (Å²) in [6.07, 6.45) is 13.5. The number of aliphatic hydroxyl groups excluding tert-OH is 2. The standard InChI is InChI=1S/2C20H31NO4.ClH/c2*1-23-19-8-7-15(13-20(19)24-2)10-12-25-18-6-4-3-5-17(18)21-11-9-16(22)14-21;/h2*7-8,13,16-18,22H,3-6,9-12,14H2,1-2H3;1H/t2*16-,17-,18-;/m11./s1. The molecule has 4 aliphatic rings. The van der Waals surface area contributed by atoms with Gasteiger partial charge in [-0.3, -0.25) is 9.80 Å². The second-order valence-corrected chi connectivity index (χ2v) is 14.3. The SMILES string of the molecule is COc1ccc(CCO[C@@H]2CCCC[C@H]2N2CC[C@@H](O)C2)cc1OC.COc1ccc(CCO[C@@H]2CCCC[C@H]2N2CC[C@@H](O)C2)cc1OC.Cl. The summed E-state index contributed by atoms with van der Waals surface area (Å²) >= 11 is 0. The van der Waals surface area contributed by atoms with E-state index in [4.69, 9.17) is 28.4 Å². The molecule has 2 heterocycles. The molecule has 6 atom stereocenters. The van der Waals surface area contributed by atoms with Gasteiger partial charge in [0, 0.05) is 38.3 Å². The number of halogens is 1. The lowest BCUT2D eigenvalue weighted by Gasteiger charge is -2.37. The van der Waals surface area contributed by atoms with Gasteiger partial charge in [0.05, 0.1) is 66.1 Å². The van der Waals surface area contributed by atoms with Crippen molar-refractivity contribution in [1.29, 1.82) is 0 Å². The van der Waals surface area contributed by atoms with Gasteiger partial charge >= 0.3 is 0 Å². The average Bonchev–Trinajstić information content (AvgIpc) is 3.79. The molecule has 2 aromatic carbocycles. The highest BCUT2D eigenvalue weighted by atomic mass is 35.5. The third-order valence-electron chi connectivity index (χ3n) is 11.0. The van der Waals surface area contributed by atoms with Crippen LogP contribution < -0.4 is 18.9 Å². The largest absolute Gasteiger partial charge is 0.493 e. The van der Waals surface area contributed by atoms with Crippen LogP contribution in [0.5, 0.6) is 23.0 Å². The van der Waals surface area contributed by atoms with Gasteiger partial charge in [0.2, 0.25) is 0 Å². The van der Waals surface area contributed by atoms with Gasteiger partial charge in [-0.05, 0) is 86.8 Å². The Balaban J connectivity index is 0.000000224. The molecule has 0 bridgehead atoms. The van der Waals surface area contributed by atoms with Crippen molar-refractivity contribution in [2.75, 3.05) is 67.8 Å². The molecule has 2 saturated carbocycles. The van der Waals surface area contributed by atoms with E-state index in [1.165, 1.54) is 49.7 Å². The van der Waals surface area contributed by atoms with E-state index in [0.717, 1.165) is 87.7 Å². The summed E-state index contributed by atoms with van der Waals surface area (Å²) in [4.78, 5) is 4.87. The lowest BCUT2D eigenvalue weighted by molar-refractivity contribution is -0.0317. The highest BCUT2D eigenvalue weighted by molar-refractivity contribution is 5.85. The zero-order chi connectivity index (χ0) is 35.3. The van der Waals surface area contributed by atoms with Crippen molar-refractivity contribution >= 4 is 12.4 Å². The Kier molecular flexibility index (Phi) is 17.4. The first-order valence-corrected chi connectivity index (χ1v) is 18.9. The van der Waals surface area contributed by atoms with Gasteiger partial charge in [0.25, 0.3) is 0 Å². The van der Waals surface area contributed by atoms with Gasteiger partial charge in [0.15, 0.2) is 23.0 Å². The number of methoxy groups -OCH3 is 4. The van der Waals surface area contributed by atoms with Crippen LogP contribution in [-0.4, -0.2) is 124 Å². The van der Waals surface area contributed by atoms with Crippen LogP contribution in [0.3, 0.4) is 0 Å². The van der Waals surface area contributed by atoms with Crippen molar-refractivity contribution in [2.45, 2.75) is 114 Å². The van der Waals surface area contributed by atoms with E-state index in [9.17, 15) is 10.2 Å². The van der Waals surface area contributed by atoms with Gasteiger partial charge in [-0.15, -0.1) is 12.4 Å². The number of ether oxygens (including phenoxy) is 6. The van der Waals surface area contributed by atoms with Crippen LogP contribution in [0.15, 0.2) is 36.4 Å². The third kappa shape index (κ3) is 11.8. The molecule has 288 valence electrons. The summed E-state index contributed by atoms with van der Waals surface area (Å²) in [6.45, 7) is 5.04. The number of rotatable bonds is 14. The minimum absolute atomic E-state index is 0. The second-order valence-electron chi connectivity index (χ2n) is 14.3. The van der Waals surface area contributed by atoms with Crippen LogP contribution in [0.25, 0.3) is 0 Å². The topological polar surface area (TPSA) is 102 Å². The molecular formula is C40H63ClN2O8. The van der Waals surface area contributed by atoms with E-state index in [0.29, 0.717) is 37.5 Å². The number of β-amino-alcohol motifs (C(OH)–C–C–N with tert-alkyl or cyclic N) is 2. The molecule has 2 aliphatic heterocycles. The summed E-state index contributed by atoms with van der Waals surface area (Å²) in [5.41, 5.74) is 2.39. The fourth-order valence-electron chi connectivity index (χ4n) is 8.25. The van der Waals surface area contributed by atoms with E-state index in [1.54, 1.807) is 28.4 Å². The molecule has 2 saturated heterocycles. The maximum absolute atomic E-state index is 9.83. The van der Waals surface area contributed by atoms with E-state index < -0.39 is 0 Å².